The van der Waals surface area contributed by atoms with Gasteiger partial charge in [0.25, 0.3) is 0 Å². The second-order valence-corrected chi connectivity index (χ2v) is 2.98. The fourth-order valence-electron chi connectivity index (χ4n) is 1.25. The predicted octanol–water partition coefficient (Wildman–Crippen LogP) is 1.67. The predicted molar refractivity (Wildman–Crippen MR) is 50.9 cm³/mol. The van der Waals surface area contributed by atoms with Gasteiger partial charge in [0, 0.05) is 19.2 Å². The number of rotatable bonds is 2. The van der Waals surface area contributed by atoms with E-state index in [0.717, 1.165) is 11.3 Å². The summed E-state index contributed by atoms with van der Waals surface area (Å²) < 4.78 is 4.94. The second kappa shape index (κ2) is 4.12. The molecule has 1 heterocycles. The Morgan fingerprint density at radius 3 is 3.00 bits per heavy atom. The summed E-state index contributed by atoms with van der Waals surface area (Å²) in [7, 11) is 1.92. The number of hydrogen-bond acceptors (Lipinski definition) is 3. The molecule has 3 heteroatoms. The van der Waals surface area contributed by atoms with Gasteiger partial charge >= 0.3 is 5.97 Å². The molecule has 0 aromatic rings. The lowest BCUT2D eigenvalue weighted by Crippen LogP contribution is -2.19. The maximum Gasteiger partial charge on any atom is 0.336 e. The lowest BCUT2D eigenvalue weighted by Gasteiger charge is -2.22. The lowest BCUT2D eigenvalue weighted by molar-refractivity contribution is -0.138. The van der Waals surface area contributed by atoms with Crippen LogP contribution in [0.3, 0.4) is 0 Å². The number of hydrogen-bond donors (Lipinski definition) is 0. The first-order chi connectivity index (χ1) is 6.16. The fraction of sp³-hybridized carbons (Fsp3) is 0.500. The molecule has 1 aliphatic rings. The quantitative estimate of drug-likeness (QED) is 0.607. The molecule has 0 saturated carbocycles. The highest BCUT2D eigenvalue weighted by Crippen LogP contribution is 2.19. The van der Waals surface area contributed by atoms with E-state index in [1.165, 1.54) is 0 Å². The van der Waals surface area contributed by atoms with Gasteiger partial charge in [-0.2, -0.15) is 0 Å². The Morgan fingerprint density at radius 1 is 1.69 bits per heavy atom. The Morgan fingerprint density at radius 2 is 2.38 bits per heavy atom. The zero-order valence-corrected chi connectivity index (χ0v) is 8.33. The van der Waals surface area contributed by atoms with Crippen LogP contribution in [-0.4, -0.2) is 24.5 Å². The van der Waals surface area contributed by atoms with Gasteiger partial charge in [-0.1, -0.05) is 6.08 Å². The van der Waals surface area contributed by atoms with E-state index in [4.69, 9.17) is 4.74 Å². The van der Waals surface area contributed by atoms with E-state index < -0.39 is 0 Å². The van der Waals surface area contributed by atoms with Crippen LogP contribution in [0.4, 0.5) is 0 Å². The Labute approximate surface area is 78.7 Å². The largest absolute Gasteiger partial charge is 0.463 e. The maximum absolute atomic E-state index is 11.4. The number of nitrogens with zero attached hydrogens (tertiary/aromatic N) is 1. The average Bonchev–Trinajstić information content (AvgIpc) is 2.10. The van der Waals surface area contributed by atoms with Gasteiger partial charge in [0.1, 0.15) is 0 Å². The molecule has 0 amide bonds. The zero-order chi connectivity index (χ0) is 9.84. The van der Waals surface area contributed by atoms with Crippen molar-refractivity contribution in [1.29, 1.82) is 0 Å². The van der Waals surface area contributed by atoms with Crippen LogP contribution in [-0.2, 0) is 9.53 Å². The molecule has 13 heavy (non-hydrogen) atoms. The molecule has 0 unspecified atom stereocenters. The van der Waals surface area contributed by atoms with E-state index in [2.05, 4.69) is 0 Å². The first kappa shape index (κ1) is 9.84. The van der Waals surface area contributed by atoms with Gasteiger partial charge in [0.15, 0.2) is 0 Å². The zero-order valence-electron chi connectivity index (χ0n) is 8.33. The van der Waals surface area contributed by atoms with E-state index in [9.17, 15) is 4.79 Å². The molecule has 0 radical (unpaired) electrons. The second-order valence-electron chi connectivity index (χ2n) is 2.98. The molecule has 72 valence electrons. The van der Waals surface area contributed by atoms with Gasteiger partial charge in [-0.15, -0.1) is 0 Å². The first-order valence-electron chi connectivity index (χ1n) is 4.43. The number of carbonyl (C=O) groups excluding carboxylic acids is 1. The van der Waals surface area contributed by atoms with Crippen LogP contribution < -0.4 is 0 Å². The standard InChI is InChI=1S/C10H15NO2/c1-4-13-10(12)9-6-5-7-11(3)8(9)2/h5,7H,4,6H2,1-3H3. The topological polar surface area (TPSA) is 29.5 Å². The van der Waals surface area contributed by atoms with Gasteiger partial charge in [0.2, 0.25) is 0 Å². The summed E-state index contributed by atoms with van der Waals surface area (Å²) in [5.41, 5.74) is 1.73. The summed E-state index contributed by atoms with van der Waals surface area (Å²) in [4.78, 5) is 13.3. The van der Waals surface area contributed by atoms with Crippen molar-refractivity contribution >= 4 is 5.97 Å². The molecule has 0 N–H and O–H groups in total. The molecule has 0 aliphatic carbocycles. The van der Waals surface area contributed by atoms with Gasteiger partial charge in [0.05, 0.1) is 12.2 Å². The molecule has 0 atom stereocenters. The summed E-state index contributed by atoms with van der Waals surface area (Å²) in [6.07, 6.45) is 4.59. The molecule has 0 saturated heterocycles. The molecule has 0 bridgehead atoms. The maximum atomic E-state index is 11.4. The molecule has 0 spiro atoms. The highest BCUT2D eigenvalue weighted by molar-refractivity contribution is 5.89. The third kappa shape index (κ3) is 2.11. The van der Waals surface area contributed by atoms with Crippen molar-refractivity contribution < 1.29 is 9.53 Å². The van der Waals surface area contributed by atoms with E-state index >= 15 is 0 Å². The molecule has 1 rings (SSSR count). The van der Waals surface area contributed by atoms with Crippen LogP contribution in [0.1, 0.15) is 20.3 Å². The van der Waals surface area contributed by atoms with Crippen LogP contribution in [0.5, 0.6) is 0 Å². The minimum Gasteiger partial charge on any atom is -0.463 e. The van der Waals surface area contributed by atoms with Crippen molar-refractivity contribution in [3.05, 3.63) is 23.5 Å². The Balaban J connectivity index is 2.78. The average molecular weight is 181 g/mol. The lowest BCUT2D eigenvalue weighted by atomic mass is 10.1. The number of esters is 1. The van der Waals surface area contributed by atoms with Crippen molar-refractivity contribution in [2.45, 2.75) is 20.3 Å². The van der Waals surface area contributed by atoms with E-state index in [-0.39, 0.29) is 5.97 Å². The third-order valence-corrected chi connectivity index (χ3v) is 2.14. The van der Waals surface area contributed by atoms with Gasteiger partial charge in [-0.25, -0.2) is 4.79 Å². The number of carbonyl (C=O) groups is 1. The summed E-state index contributed by atoms with van der Waals surface area (Å²) in [5, 5.41) is 0. The molecule has 0 fully saturated rings. The van der Waals surface area contributed by atoms with Crippen LogP contribution in [0.2, 0.25) is 0 Å². The SMILES string of the molecule is CCOC(=O)C1=C(C)N(C)C=CC1. The molecule has 0 aromatic heterocycles. The molecular formula is C10H15NO2. The highest BCUT2D eigenvalue weighted by Gasteiger charge is 2.16. The summed E-state index contributed by atoms with van der Waals surface area (Å²) in [6.45, 7) is 4.18. The minimum absolute atomic E-state index is 0.198. The summed E-state index contributed by atoms with van der Waals surface area (Å²) in [5.74, 6) is -0.198. The Kier molecular flexibility index (Phi) is 3.12. The summed E-state index contributed by atoms with van der Waals surface area (Å²) in [6, 6.07) is 0. The Hall–Kier alpha value is -1.25. The third-order valence-electron chi connectivity index (χ3n) is 2.14. The minimum atomic E-state index is -0.198. The summed E-state index contributed by atoms with van der Waals surface area (Å²) >= 11 is 0. The van der Waals surface area contributed by atoms with Gasteiger partial charge in [-0.05, 0) is 20.0 Å². The van der Waals surface area contributed by atoms with Crippen LogP contribution in [0, 0.1) is 0 Å². The molecule has 3 nitrogen and oxygen atoms in total. The Bertz CT molecular complexity index is 266. The van der Waals surface area contributed by atoms with E-state index in [1.807, 2.05) is 38.1 Å². The first-order valence-corrected chi connectivity index (χ1v) is 4.43. The van der Waals surface area contributed by atoms with Crippen molar-refractivity contribution in [2.24, 2.45) is 0 Å². The molecular weight excluding hydrogens is 166 g/mol. The van der Waals surface area contributed by atoms with E-state index in [1.54, 1.807) is 0 Å². The molecule has 0 aromatic carbocycles. The monoisotopic (exact) mass is 181 g/mol. The van der Waals surface area contributed by atoms with E-state index in [0.29, 0.717) is 13.0 Å². The fourth-order valence-corrected chi connectivity index (χ4v) is 1.25. The van der Waals surface area contributed by atoms with Gasteiger partial charge < -0.3 is 9.64 Å². The van der Waals surface area contributed by atoms with Crippen molar-refractivity contribution in [3.8, 4) is 0 Å². The normalized spacial score (nSPS) is 16.4. The number of ether oxygens (including phenoxy) is 1. The molecule has 1 aliphatic heterocycles. The van der Waals surface area contributed by atoms with Crippen LogP contribution in [0.25, 0.3) is 0 Å². The smallest absolute Gasteiger partial charge is 0.336 e. The number of allylic oxidation sites excluding steroid dienone is 2. The van der Waals surface area contributed by atoms with Gasteiger partial charge in [-0.3, -0.25) is 0 Å². The van der Waals surface area contributed by atoms with Crippen molar-refractivity contribution in [2.75, 3.05) is 13.7 Å². The van der Waals surface area contributed by atoms with Crippen molar-refractivity contribution in [3.63, 3.8) is 0 Å². The van der Waals surface area contributed by atoms with Crippen LogP contribution in [0.15, 0.2) is 23.5 Å². The van der Waals surface area contributed by atoms with Crippen molar-refractivity contribution in [1.82, 2.24) is 4.90 Å². The van der Waals surface area contributed by atoms with Crippen LogP contribution >= 0.6 is 0 Å². The highest BCUT2D eigenvalue weighted by atomic mass is 16.5.